The normalized spacial score (nSPS) is 15.1. The number of thioether (sulfide) groups is 1. The number of nitrogens with zero attached hydrogens (tertiary/aromatic N) is 3. The van der Waals surface area contributed by atoms with Crippen LogP contribution in [-0.4, -0.2) is 38.5 Å². The van der Waals surface area contributed by atoms with Gasteiger partial charge < -0.3 is 14.4 Å². The monoisotopic (exact) mass is 307 g/mol. The summed E-state index contributed by atoms with van der Waals surface area (Å²) in [6.45, 7) is 0.846. The first-order chi connectivity index (χ1) is 10.2. The van der Waals surface area contributed by atoms with Crippen molar-refractivity contribution in [3.63, 3.8) is 0 Å². The smallest absolute Gasteiger partial charge is 0.313 e. The SMILES string of the molecule is COc1ccc2nc(SCC(=O)O)n(CC3CCC3)c2n1. The summed E-state index contributed by atoms with van der Waals surface area (Å²) in [4.78, 5) is 19.8. The minimum atomic E-state index is -0.840. The van der Waals surface area contributed by atoms with Gasteiger partial charge in [0.05, 0.1) is 12.9 Å². The van der Waals surface area contributed by atoms with E-state index in [1.165, 1.54) is 31.0 Å². The van der Waals surface area contributed by atoms with Crippen LogP contribution in [0.4, 0.5) is 0 Å². The van der Waals surface area contributed by atoms with Crippen molar-refractivity contribution in [3.8, 4) is 5.88 Å². The summed E-state index contributed by atoms with van der Waals surface area (Å²) >= 11 is 1.24. The van der Waals surface area contributed by atoms with Crippen LogP contribution in [-0.2, 0) is 11.3 Å². The Labute approximate surface area is 126 Å². The average Bonchev–Trinajstić information content (AvgIpc) is 2.77. The lowest BCUT2D eigenvalue weighted by Crippen LogP contribution is -2.19. The third-order valence-corrected chi connectivity index (χ3v) is 4.69. The minimum Gasteiger partial charge on any atom is -0.481 e. The van der Waals surface area contributed by atoms with Crippen molar-refractivity contribution >= 4 is 28.9 Å². The Morgan fingerprint density at radius 3 is 2.90 bits per heavy atom. The molecular weight excluding hydrogens is 290 g/mol. The summed E-state index contributed by atoms with van der Waals surface area (Å²) in [5.74, 6) is 0.352. The lowest BCUT2D eigenvalue weighted by molar-refractivity contribution is -0.133. The molecule has 2 aromatic heterocycles. The second kappa shape index (κ2) is 5.93. The molecule has 0 atom stereocenters. The second-order valence-corrected chi connectivity index (χ2v) is 6.12. The number of carboxylic acids is 1. The van der Waals surface area contributed by atoms with E-state index >= 15 is 0 Å². The van der Waals surface area contributed by atoms with Gasteiger partial charge in [0.25, 0.3) is 0 Å². The number of hydrogen-bond acceptors (Lipinski definition) is 5. The molecular formula is C14H17N3O3S. The highest BCUT2D eigenvalue weighted by Crippen LogP contribution is 2.32. The Bertz CT molecular complexity index is 667. The Morgan fingerprint density at radius 2 is 2.29 bits per heavy atom. The molecule has 0 saturated heterocycles. The largest absolute Gasteiger partial charge is 0.481 e. The third-order valence-electron chi connectivity index (χ3n) is 3.73. The van der Waals surface area contributed by atoms with Gasteiger partial charge in [-0.1, -0.05) is 18.2 Å². The van der Waals surface area contributed by atoms with Gasteiger partial charge >= 0.3 is 5.97 Å². The number of fused-ring (bicyclic) bond motifs is 1. The lowest BCUT2D eigenvalue weighted by Gasteiger charge is -2.26. The fraction of sp³-hybridized carbons (Fsp3) is 0.500. The molecule has 3 rings (SSSR count). The number of ether oxygens (including phenoxy) is 1. The Balaban J connectivity index is 1.97. The van der Waals surface area contributed by atoms with Gasteiger partial charge in [0.15, 0.2) is 10.8 Å². The molecule has 0 aromatic carbocycles. The highest BCUT2D eigenvalue weighted by Gasteiger charge is 2.22. The predicted molar refractivity (Wildman–Crippen MR) is 79.8 cm³/mol. The standard InChI is InChI=1S/C14H17N3O3S/c1-20-11-6-5-10-13(16-11)17(7-9-3-2-4-9)14(15-10)21-8-12(18)19/h5-6,9H,2-4,7-8H2,1H3,(H,18,19). The van der Waals surface area contributed by atoms with Crippen LogP contribution in [0.1, 0.15) is 19.3 Å². The molecule has 1 N–H and O–H groups in total. The number of hydrogen-bond donors (Lipinski definition) is 1. The van der Waals surface area contributed by atoms with Crippen molar-refractivity contribution in [2.75, 3.05) is 12.9 Å². The van der Waals surface area contributed by atoms with E-state index in [1.807, 2.05) is 10.6 Å². The molecule has 21 heavy (non-hydrogen) atoms. The van der Waals surface area contributed by atoms with Crippen LogP contribution < -0.4 is 4.74 Å². The highest BCUT2D eigenvalue weighted by molar-refractivity contribution is 7.99. The summed E-state index contributed by atoms with van der Waals surface area (Å²) in [7, 11) is 1.58. The van der Waals surface area contributed by atoms with E-state index in [0.29, 0.717) is 11.8 Å². The zero-order valence-electron chi connectivity index (χ0n) is 11.8. The summed E-state index contributed by atoms with van der Waals surface area (Å²) in [5, 5.41) is 9.59. The van der Waals surface area contributed by atoms with Gasteiger partial charge in [-0.15, -0.1) is 0 Å². The maximum Gasteiger partial charge on any atom is 0.313 e. The number of carboxylic acid groups (broad SMARTS) is 1. The van der Waals surface area contributed by atoms with Gasteiger partial charge in [0.2, 0.25) is 5.88 Å². The molecule has 1 fully saturated rings. The van der Waals surface area contributed by atoms with E-state index in [9.17, 15) is 4.79 Å². The van der Waals surface area contributed by atoms with E-state index in [4.69, 9.17) is 9.84 Å². The molecule has 2 heterocycles. The van der Waals surface area contributed by atoms with Crippen molar-refractivity contribution in [2.45, 2.75) is 31.0 Å². The number of aliphatic carboxylic acids is 1. The van der Waals surface area contributed by atoms with Crippen molar-refractivity contribution < 1.29 is 14.6 Å². The van der Waals surface area contributed by atoms with Crippen LogP contribution >= 0.6 is 11.8 Å². The fourth-order valence-electron chi connectivity index (χ4n) is 2.41. The molecule has 7 heteroatoms. The molecule has 6 nitrogen and oxygen atoms in total. The molecule has 1 aliphatic rings. The molecule has 112 valence electrons. The number of carbonyl (C=O) groups is 1. The van der Waals surface area contributed by atoms with Crippen LogP contribution in [0.15, 0.2) is 17.3 Å². The maximum atomic E-state index is 10.8. The van der Waals surface area contributed by atoms with E-state index < -0.39 is 5.97 Å². The highest BCUT2D eigenvalue weighted by atomic mass is 32.2. The Hall–Kier alpha value is -1.76. The minimum absolute atomic E-state index is 0.00508. The summed E-state index contributed by atoms with van der Waals surface area (Å²) in [6, 6.07) is 3.64. The Kier molecular flexibility index (Phi) is 4.01. The molecule has 1 saturated carbocycles. The maximum absolute atomic E-state index is 10.8. The van der Waals surface area contributed by atoms with Gasteiger partial charge in [-0.2, -0.15) is 4.98 Å². The fourth-order valence-corrected chi connectivity index (χ4v) is 3.14. The van der Waals surface area contributed by atoms with Gasteiger partial charge in [-0.25, -0.2) is 4.98 Å². The second-order valence-electron chi connectivity index (χ2n) is 5.18. The number of aromatic nitrogens is 3. The number of methoxy groups -OCH3 is 1. The third kappa shape index (κ3) is 2.97. The number of imidazole rings is 1. The molecule has 0 spiro atoms. The average molecular weight is 307 g/mol. The van der Waals surface area contributed by atoms with Crippen molar-refractivity contribution in [1.82, 2.24) is 14.5 Å². The molecule has 0 unspecified atom stereocenters. The van der Waals surface area contributed by atoms with Crippen LogP contribution in [0, 0.1) is 5.92 Å². The van der Waals surface area contributed by atoms with Gasteiger partial charge in [0, 0.05) is 12.6 Å². The van der Waals surface area contributed by atoms with Gasteiger partial charge in [0.1, 0.15) is 5.52 Å². The summed E-state index contributed by atoms with van der Waals surface area (Å²) in [6.07, 6.45) is 3.70. The van der Waals surface area contributed by atoms with E-state index in [2.05, 4.69) is 9.97 Å². The zero-order valence-corrected chi connectivity index (χ0v) is 12.6. The van der Waals surface area contributed by atoms with Crippen LogP contribution in [0.25, 0.3) is 11.2 Å². The van der Waals surface area contributed by atoms with Crippen molar-refractivity contribution in [3.05, 3.63) is 12.1 Å². The van der Waals surface area contributed by atoms with Crippen LogP contribution in [0.2, 0.25) is 0 Å². The van der Waals surface area contributed by atoms with Crippen molar-refractivity contribution in [2.24, 2.45) is 5.92 Å². The number of rotatable bonds is 6. The molecule has 2 aromatic rings. The van der Waals surface area contributed by atoms with E-state index in [0.717, 1.165) is 22.9 Å². The van der Waals surface area contributed by atoms with Crippen LogP contribution in [0.3, 0.4) is 0 Å². The first-order valence-corrected chi connectivity index (χ1v) is 7.92. The van der Waals surface area contributed by atoms with E-state index in [-0.39, 0.29) is 5.75 Å². The van der Waals surface area contributed by atoms with Crippen LogP contribution in [0.5, 0.6) is 5.88 Å². The van der Waals surface area contributed by atoms with Gasteiger partial charge in [-0.3, -0.25) is 4.79 Å². The zero-order chi connectivity index (χ0) is 14.8. The van der Waals surface area contributed by atoms with Crippen molar-refractivity contribution in [1.29, 1.82) is 0 Å². The van der Waals surface area contributed by atoms with E-state index in [1.54, 1.807) is 13.2 Å². The molecule has 0 bridgehead atoms. The Morgan fingerprint density at radius 1 is 1.48 bits per heavy atom. The number of pyridine rings is 1. The molecule has 0 radical (unpaired) electrons. The molecule has 0 amide bonds. The lowest BCUT2D eigenvalue weighted by atomic mass is 9.85. The quantitative estimate of drug-likeness (QED) is 0.826. The molecule has 0 aliphatic heterocycles. The summed E-state index contributed by atoms with van der Waals surface area (Å²) < 4.78 is 7.21. The first-order valence-electron chi connectivity index (χ1n) is 6.93. The van der Waals surface area contributed by atoms with Gasteiger partial charge in [-0.05, 0) is 24.8 Å². The topological polar surface area (TPSA) is 77.2 Å². The molecule has 1 aliphatic carbocycles. The summed E-state index contributed by atoms with van der Waals surface area (Å²) in [5.41, 5.74) is 1.55. The predicted octanol–water partition coefficient (Wildman–Crippen LogP) is 2.42. The first kappa shape index (κ1) is 14.2.